The summed E-state index contributed by atoms with van der Waals surface area (Å²) in [6.45, 7) is 3.17. The van der Waals surface area contributed by atoms with Gasteiger partial charge in [-0.2, -0.15) is 13.2 Å². The third kappa shape index (κ3) is 4.94. The molecule has 2 aromatic carbocycles. The number of fused-ring (bicyclic) bond motifs is 1. The number of alkyl halides is 3. The van der Waals surface area contributed by atoms with Crippen molar-refractivity contribution in [2.75, 3.05) is 27.2 Å². The highest BCUT2D eigenvalue weighted by molar-refractivity contribution is 6.31. The number of halogens is 4. The summed E-state index contributed by atoms with van der Waals surface area (Å²) in [5.41, 5.74) is 2.07. The quantitative estimate of drug-likeness (QED) is 0.694. The molecule has 0 saturated heterocycles. The van der Waals surface area contributed by atoms with Gasteiger partial charge in [0.05, 0.1) is 10.6 Å². The summed E-state index contributed by atoms with van der Waals surface area (Å²) in [4.78, 5) is 4.15. The molecule has 0 spiro atoms. The average Bonchev–Trinajstić information content (AvgIpc) is 2.98. The highest BCUT2D eigenvalue weighted by Crippen LogP contribution is 2.36. The zero-order valence-corrected chi connectivity index (χ0v) is 16.1. The van der Waals surface area contributed by atoms with Crippen LogP contribution in [0.2, 0.25) is 5.02 Å². The highest BCUT2D eigenvalue weighted by atomic mass is 35.5. The Kier molecular flexibility index (Phi) is 5.99. The summed E-state index contributed by atoms with van der Waals surface area (Å²) in [5, 5.41) is -0.271. The maximum atomic E-state index is 13.1. The number of nitrogens with zero attached hydrogens (tertiary/aromatic N) is 2. The number of likely N-dealkylation sites (N-methyl/N-ethyl adjacent to an activating group) is 1. The molecule has 0 fully saturated rings. The zero-order chi connectivity index (χ0) is 19.6. The Morgan fingerprint density at radius 1 is 1.15 bits per heavy atom. The van der Waals surface area contributed by atoms with Gasteiger partial charge in [0.25, 0.3) is 0 Å². The molecule has 0 bridgehead atoms. The van der Waals surface area contributed by atoms with Crippen LogP contribution < -0.4 is 4.74 Å². The Bertz CT molecular complexity index is 808. The highest BCUT2D eigenvalue weighted by Gasteiger charge is 2.33. The first kappa shape index (κ1) is 20.0. The van der Waals surface area contributed by atoms with Crippen LogP contribution in [0.3, 0.4) is 0 Å². The van der Waals surface area contributed by atoms with E-state index in [1.54, 1.807) is 6.07 Å². The summed E-state index contributed by atoms with van der Waals surface area (Å²) in [6.07, 6.45) is -4.45. The lowest BCUT2D eigenvalue weighted by atomic mass is 10.1. The minimum absolute atomic E-state index is 0.271. The van der Waals surface area contributed by atoms with Gasteiger partial charge >= 0.3 is 6.18 Å². The summed E-state index contributed by atoms with van der Waals surface area (Å²) in [5.74, 6) is 0.851. The van der Waals surface area contributed by atoms with E-state index in [9.17, 15) is 13.2 Å². The van der Waals surface area contributed by atoms with Crippen LogP contribution in [0.1, 0.15) is 22.3 Å². The minimum Gasteiger partial charge on any atom is -0.492 e. The SMILES string of the molecule is CN(C)CCOc1cccc2c1CN(Cc1ccc(Cl)c(C(F)(F)F)c1)C2. The molecular formula is C20H22ClF3N2O. The van der Waals surface area contributed by atoms with Crippen LogP contribution in [0.4, 0.5) is 13.2 Å². The maximum absolute atomic E-state index is 13.1. The minimum atomic E-state index is -4.45. The van der Waals surface area contributed by atoms with Crippen LogP contribution in [0.15, 0.2) is 36.4 Å². The molecule has 146 valence electrons. The van der Waals surface area contributed by atoms with E-state index in [1.165, 1.54) is 6.07 Å². The molecule has 7 heteroatoms. The molecule has 0 amide bonds. The second-order valence-electron chi connectivity index (χ2n) is 7.00. The Morgan fingerprint density at radius 3 is 2.63 bits per heavy atom. The standard InChI is InChI=1S/C20H22ClF3N2O/c1-25(2)8-9-27-19-5-3-4-15-12-26(13-16(15)19)11-14-6-7-18(21)17(10-14)20(22,23)24/h3-7,10H,8-9,11-13H2,1-2H3. The first-order chi connectivity index (χ1) is 12.7. The fraction of sp³-hybridized carbons (Fsp3) is 0.400. The first-order valence-corrected chi connectivity index (χ1v) is 9.08. The molecule has 0 atom stereocenters. The molecule has 27 heavy (non-hydrogen) atoms. The van der Waals surface area contributed by atoms with Gasteiger partial charge in [0.15, 0.2) is 0 Å². The van der Waals surface area contributed by atoms with Gasteiger partial charge in [0.2, 0.25) is 0 Å². The molecule has 1 aliphatic rings. The van der Waals surface area contributed by atoms with Gasteiger partial charge < -0.3 is 9.64 Å². The monoisotopic (exact) mass is 398 g/mol. The predicted octanol–water partition coefficient (Wildman–Crippen LogP) is 4.82. The number of benzene rings is 2. The van der Waals surface area contributed by atoms with Crippen LogP contribution in [0, 0.1) is 0 Å². The molecule has 0 aliphatic carbocycles. The van der Waals surface area contributed by atoms with Crippen molar-refractivity contribution >= 4 is 11.6 Å². The van der Waals surface area contributed by atoms with Gasteiger partial charge in [0, 0.05) is 31.7 Å². The largest absolute Gasteiger partial charge is 0.492 e. The summed E-state index contributed by atoms with van der Waals surface area (Å²) in [7, 11) is 3.98. The van der Waals surface area contributed by atoms with E-state index in [-0.39, 0.29) is 5.02 Å². The lowest BCUT2D eigenvalue weighted by Crippen LogP contribution is -2.20. The predicted molar refractivity (Wildman–Crippen MR) is 99.9 cm³/mol. The molecule has 1 aliphatic heterocycles. The fourth-order valence-corrected chi connectivity index (χ4v) is 3.42. The Balaban J connectivity index is 1.70. The Labute approximate surface area is 162 Å². The fourth-order valence-electron chi connectivity index (χ4n) is 3.19. The van der Waals surface area contributed by atoms with Crippen molar-refractivity contribution in [1.82, 2.24) is 9.80 Å². The molecule has 1 heterocycles. The van der Waals surface area contributed by atoms with Crippen LogP contribution in [-0.4, -0.2) is 37.0 Å². The summed E-state index contributed by atoms with van der Waals surface area (Å²) in [6, 6.07) is 10.0. The zero-order valence-electron chi connectivity index (χ0n) is 15.3. The molecule has 0 unspecified atom stereocenters. The van der Waals surface area contributed by atoms with Crippen LogP contribution in [0.5, 0.6) is 5.75 Å². The van der Waals surface area contributed by atoms with Gasteiger partial charge in [-0.15, -0.1) is 0 Å². The van der Waals surface area contributed by atoms with Crippen LogP contribution in [0.25, 0.3) is 0 Å². The van der Waals surface area contributed by atoms with E-state index >= 15 is 0 Å². The van der Waals surface area contributed by atoms with Crippen molar-refractivity contribution < 1.29 is 17.9 Å². The molecular weight excluding hydrogens is 377 g/mol. The lowest BCUT2D eigenvalue weighted by Gasteiger charge is -2.17. The lowest BCUT2D eigenvalue weighted by molar-refractivity contribution is -0.137. The van der Waals surface area contributed by atoms with E-state index in [4.69, 9.17) is 16.3 Å². The smallest absolute Gasteiger partial charge is 0.417 e. The van der Waals surface area contributed by atoms with Crippen molar-refractivity contribution in [3.05, 3.63) is 63.7 Å². The van der Waals surface area contributed by atoms with Gasteiger partial charge in [-0.3, -0.25) is 4.90 Å². The van der Waals surface area contributed by atoms with Crippen LogP contribution in [-0.2, 0) is 25.8 Å². The number of hydrogen-bond acceptors (Lipinski definition) is 3. The van der Waals surface area contributed by atoms with Crippen LogP contribution >= 0.6 is 11.6 Å². The normalized spacial score (nSPS) is 14.6. The van der Waals surface area contributed by atoms with Gasteiger partial charge in [0.1, 0.15) is 12.4 Å². The van der Waals surface area contributed by atoms with Gasteiger partial charge in [-0.25, -0.2) is 0 Å². The summed E-state index contributed by atoms with van der Waals surface area (Å²) < 4.78 is 45.1. The van der Waals surface area contributed by atoms with Crippen molar-refractivity contribution in [2.24, 2.45) is 0 Å². The average molecular weight is 399 g/mol. The molecule has 0 N–H and O–H groups in total. The van der Waals surface area contributed by atoms with Gasteiger partial charge in [-0.05, 0) is 43.4 Å². The Hall–Kier alpha value is -1.76. The van der Waals surface area contributed by atoms with Gasteiger partial charge in [-0.1, -0.05) is 29.8 Å². The van der Waals surface area contributed by atoms with E-state index in [0.29, 0.717) is 31.8 Å². The molecule has 0 aromatic heterocycles. The number of rotatable bonds is 6. The first-order valence-electron chi connectivity index (χ1n) is 8.70. The third-order valence-corrected chi connectivity index (χ3v) is 4.87. The number of ether oxygens (including phenoxy) is 1. The van der Waals surface area contributed by atoms with E-state index in [1.807, 2.05) is 37.2 Å². The second-order valence-corrected chi connectivity index (χ2v) is 7.41. The molecule has 0 saturated carbocycles. The van der Waals surface area contributed by atoms with Crippen molar-refractivity contribution in [2.45, 2.75) is 25.8 Å². The Morgan fingerprint density at radius 2 is 1.93 bits per heavy atom. The van der Waals surface area contributed by atoms with E-state index in [2.05, 4.69) is 4.90 Å². The summed E-state index contributed by atoms with van der Waals surface area (Å²) >= 11 is 5.71. The second kappa shape index (κ2) is 8.09. The topological polar surface area (TPSA) is 15.7 Å². The maximum Gasteiger partial charge on any atom is 0.417 e. The van der Waals surface area contributed by atoms with Crippen molar-refractivity contribution in [3.8, 4) is 5.75 Å². The molecule has 2 aromatic rings. The van der Waals surface area contributed by atoms with E-state index < -0.39 is 11.7 Å². The molecule has 3 rings (SSSR count). The molecule has 3 nitrogen and oxygen atoms in total. The van der Waals surface area contributed by atoms with Crippen molar-refractivity contribution in [1.29, 1.82) is 0 Å². The molecule has 0 radical (unpaired) electrons. The third-order valence-electron chi connectivity index (χ3n) is 4.54. The van der Waals surface area contributed by atoms with E-state index in [0.717, 1.165) is 29.5 Å². The number of hydrogen-bond donors (Lipinski definition) is 0. The van der Waals surface area contributed by atoms with Crippen molar-refractivity contribution in [3.63, 3.8) is 0 Å².